The van der Waals surface area contributed by atoms with E-state index in [1.165, 1.54) is 33.3 Å². The van der Waals surface area contributed by atoms with Gasteiger partial charge in [0.15, 0.2) is 11.5 Å². The van der Waals surface area contributed by atoms with Crippen LogP contribution in [0.3, 0.4) is 0 Å². The van der Waals surface area contributed by atoms with Crippen molar-refractivity contribution in [3.05, 3.63) is 41.7 Å². The van der Waals surface area contributed by atoms with Crippen molar-refractivity contribution in [2.45, 2.75) is 18.7 Å². The van der Waals surface area contributed by atoms with Crippen LogP contribution < -0.4 is 20.3 Å². The number of nitrogens with zero attached hydrogens (tertiary/aromatic N) is 2. The molecule has 11 heteroatoms. The highest BCUT2D eigenvalue weighted by Crippen LogP contribution is 2.32. The predicted octanol–water partition coefficient (Wildman–Crippen LogP) is 0.859. The van der Waals surface area contributed by atoms with Crippen LogP contribution in [0.2, 0.25) is 0 Å². The van der Waals surface area contributed by atoms with E-state index in [9.17, 15) is 18.0 Å². The Morgan fingerprint density at radius 2 is 1.72 bits per heavy atom. The fourth-order valence-electron chi connectivity index (χ4n) is 2.90. The summed E-state index contributed by atoms with van der Waals surface area (Å²) in [7, 11) is -2.15. The summed E-state index contributed by atoms with van der Waals surface area (Å²) in [6.45, 7) is 4.21. The zero-order valence-electron chi connectivity index (χ0n) is 16.3. The minimum Gasteiger partial charge on any atom is -0.454 e. The van der Waals surface area contributed by atoms with Gasteiger partial charge in [0, 0.05) is 31.9 Å². The summed E-state index contributed by atoms with van der Waals surface area (Å²) in [5.74, 6) is -0.224. The van der Waals surface area contributed by atoms with Gasteiger partial charge in [0.1, 0.15) is 10.6 Å². The van der Waals surface area contributed by atoms with Crippen LogP contribution in [-0.4, -0.2) is 49.0 Å². The van der Waals surface area contributed by atoms with Gasteiger partial charge in [-0.1, -0.05) is 13.8 Å². The van der Waals surface area contributed by atoms with Crippen LogP contribution in [0, 0.1) is 0 Å². The average Bonchev–Trinajstić information content (AvgIpc) is 3.32. The number of carbonyl (C=O) groups excluding carboxylic acids is 2. The number of ether oxygens (including phenoxy) is 2. The summed E-state index contributed by atoms with van der Waals surface area (Å²) in [6, 6.07) is 5.91. The zero-order chi connectivity index (χ0) is 21.2. The minimum absolute atomic E-state index is 0.0101. The molecule has 1 aliphatic rings. The van der Waals surface area contributed by atoms with Crippen molar-refractivity contribution in [2.75, 3.05) is 19.9 Å². The van der Waals surface area contributed by atoms with Gasteiger partial charge in [0.05, 0.1) is 0 Å². The van der Waals surface area contributed by atoms with Crippen LogP contribution >= 0.6 is 0 Å². The molecule has 0 saturated heterocycles. The number of hydrogen-bond acceptors (Lipinski definition) is 6. The number of aromatic nitrogens is 1. The lowest BCUT2D eigenvalue weighted by Gasteiger charge is -2.17. The molecule has 2 aromatic rings. The van der Waals surface area contributed by atoms with E-state index in [-0.39, 0.29) is 22.9 Å². The number of rotatable bonds is 6. The molecule has 0 radical (unpaired) electrons. The van der Waals surface area contributed by atoms with E-state index in [1.807, 2.05) is 0 Å². The SMILES string of the molecule is CCN(CC)S(=O)(=O)c1cc(C(=O)NNC(=O)c2ccc3c(c2)OCO3)n(C)c1. The molecule has 0 fully saturated rings. The first-order valence-corrected chi connectivity index (χ1v) is 10.4. The molecule has 1 aliphatic heterocycles. The summed E-state index contributed by atoms with van der Waals surface area (Å²) < 4.78 is 38.3. The third kappa shape index (κ3) is 4.05. The second-order valence-electron chi connectivity index (χ2n) is 6.24. The van der Waals surface area contributed by atoms with Crippen LogP contribution in [-0.2, 0) is 17.1 Å². The number of hydrogen-bond donors (Lipinski definition) is 2. The largest absolute Gasteiger partial charge is 0.454 e. The third-order valence-corrected chi connectivity index (χ3v) is 6.50. The van der Waals surface area contributed by atoms with Gasteiger partial charge in [-0.25, -0.2) is 8.42 Å². The monoisotopic (exact) mass is 422 g/mol. The number of carbonyl (C=O) groups is 2. The Kier molecular flexibility index (Phi) is 5.80. The summed E-state index contributed by atoms with van der Waals surface area (Å²) in [6.07, 6.45) is 1.36. The van der Waals surface area contributed by atoms with E-state index < -0.39 is 21.8 Å². The van der Waals surface area contributed by atoms with E-state index in [2.05, 4.69) is 10.9 Å². The number of fused-ring (bicyclic) bond motifs is 1. The highest BCUT2D eigenvalue weighted by atomic mass is 32.2. The van der Waals surface area contributed by atoms with Crippen LogP contribution in [0.15, 0.2) is 35.4 Å². The first kappa shape index (κ1) is 20.7. The van der Waals surface area contributed by atoms with E-state index in [0.717, 1.165) is 0 Å². The number of amides is 2. The Bertz CT molecular complexity index is 1040. The van der Waals surface area contributed by atoms with Crippen molar-refractivity contribution < 1.29 is 27.5 Å². The van der Waals surface area contributed by atoms with Gasteiger partial charge in [-0.2, -0.15) is 4.31 Å². The van der Waals surface area contributed by atoms with Crippen molar-refractivity contribution in [3.63, 3.8) is 0 Å². The normalized spacial score (nSPS) is 12.8. The Hall–Kier alpha value is -3.05. The number of aryl methyl sites for hydroxylation is 1. The maximum Gasteiger partial charge on any atom is 0.286 e. The molecule has 10 nitrogen and oxygen atoms in total. The Labute approximate surface area is 168 Å². The molecule has 156 valence electrons. The first-order valence-electron chi connectivity index (χ1n) is 8.94. The van der Waals surface area contributed by atoms with Gasteiger partial charge in [-0.15, -0.1) is 0 Å². The molecule has 1 aromatic heterocycles. The topological polar surface area (TPSA) is 119 Å². The zero-order valence-corrected chi connectivity index (χ0v) is 17.1. The smallest absolute Gasteiger partial charge is 0.286 e. The lowest BCUT2D eigenvalue weighted by atomic mass is 10.2. The summed E-state index contributed by atoms with van der Waals surface area (Å²) in [5, 5.41) is 0. The second-order valence-corrected chi connectivity index (χ2v) is 8.18. The van der Waals surface area contributed by atoms with Gasteiger partial charge in [0.2, 0.25) is 16.8 Å². The minimum atomic E-state index is -3.70. The molecule has 0 spiro atoms. The molecule has 2 N–H and O–H groups in total. The van der Waals surface area contributed by atoms with Crippen molar-refractivity contribution in [3.8, 4) is 11.5 Å². The van der Waals surface area contributed by atoms with Crippen LogP contribution in [0.4, 0.5) is 0 Å². The molecular formula is C18H22N4O6S. The molecule has 2 amide bonds. The van der Waals surface area contributed by atoms with Gasteiger partial charge in [-0.05, 0) is 24.3 Å². The van der Waals surface area contributed by atoms with Gasteiger partial charge >= 0.3 is 0 Å². The highest BCUT2D eigenvalue weighted by Gasteiger charge is 2.25. The Morgan fingerprint density at radius 1 is 1.07 bits per heavy atom. The second kappa shape index (κ2) is 8.13. The van der Waals surface area contributed by atoms with Crippen molar-refractivity contribution >= 4 is 21.8 Å². The predicted molar refractivity (Wildman–Crippen MR) is 103 cm³/mol. The molecule has 0 unspecified atom stereocenters. The summed E-state index contributed by atoms with van der Waals surface area (Å²) in [5.41, 5.74) is 4.94. The Balaban J connectivity index is 1.70. The molecule has 0 aliphatic carbocycles. The van der Waals surface area contributed by atoms with E-state index >= 15 is 0 Å². The third-order valence-electron chi connectivity index (χ3n) is 4.48. The summed E-state index contributed by atoms with van der Waals surface area (Å²) in [4.78, 5) is 24.7. The van der Waals surface area contributed by atoms with Gasteiger partial charge in [-0.3, -0.25) is 20.4 Å². The van der Waals surface area contributed by atoms with E-state index in [0.29, 0.717) is 24.6 Å². The van der Waals surface area contributed by atoms with Crippen molar-refractivity contribution in [1.29, 1.82) is 0 Å². The molecular weight excluding hydrogens is 400 g/mol. The van der Waals surface area contributed by atoms with E-state index in [1.54, 1.807) is 27.0 Å². The lowest BCUT2D eigenvalue weighted by Crippen LogP contribution is -2.42. The number of sulfonamides is 1. The van der Waals surface area contributed by atoms with Crippen LogP contribution in [0.5, 0.6) is 11.5 Å². The van der Waals surface area contributed by atoms with Gasteiger partial charge in [0.25, 0.3) is 11.8 Å². The van der Waals surface area contributed by atoms with Crippen molar-refractivity contribution in [2.24, 2.45) is 7.05 Å². The quantitative estimate of drug-likeness (QED) is 0.667. The molecule has 0 saturated carbocycles. The molecule has 29 heavy (non-hydrogen) atoms. The maximum atomic E-state index is 12.6. The first-order chi connectivity index (χ1) is 13.8. The molecule has 3 rings (SSSR count). The lowest BCUT2D eigenvalue weighted by molar-refractivity contribution is 0.0842. The maximum absolute atomic E-state index is 12.6. The highest BCUT2D eigenvalue weighted by molar-refractivity contribution is 7.89. The number of nitrogens with one attached hydrogen (secondary N) is 2. The van der Waals surface area contributed by atoms with Gasteiger partial charge < -0.3 is 14.0 Å². The number of hydrazine groups is 1. The fraction of sp³-hybridized carbons (Fsp3) is 0.333. The van der Waals surface area contributed by atoms with Crippen molar-refractivity contribution in [1.82, 2.24) is 19.7 Å². The standard InChI is InChI=1S/C18H22N4O6S/c1-4-22(5-2)29(25,26)13-9-14(21(3)10-13)18(24)20-19-17(23)12-6-7-15-16(8-12)28-11-27-15/h6-10H,4-5,11H2,1-3H3,(H,19,23)(H,20,24). The molecule has 1 aromatic carbocycles. The van der Waals surface area contributed by atoms with Crippen LogP contribution in [0.1, 0.15) is 34.7 Å². The molecule has 0 atom stereocenters. The van der Waals surface area contributed by atoms with Crippen LogP contribution in [0.25, 0.3) is 0 Å². The molecule has 2 heterocycles. The average molecular weight is 422 g/mol. The summed E-state index contributed by atoms with van der Waals surface area (Å²) >= 11 is 0. The fourth-order valence-corrected chi connectivity index (χ4v) is 4.43. The number of benzene rings is 1. The Morgan fingerprint density at radius 3 is 2.41 bits per heavy atom. The molecule has 0 bridgehead atoms. The van der Waals surface area contributed by atoms with E-state index in [4.69, 9.17) is 9.47 Å².